The average Bonchev–Trinajstić information content (AvgIpc) is 2.40. The number of hydrogen-bond donors (Lipinski definition) is 0. The number of allylic oxidation sites excluding steroid dienone is 8. The second-order valence-electron chi connectivity index (χ2n) is 2.60. The van der Waals surface area contributed by atoms with E-state index >= 15 is 0 Å². The maximum Gasteiger partial charge on any atom is 0.186 e. The Balaban J connectivity index is 2.47. The topological polar surface area (TPSA) is 17.1 Å². The molecule has 0 unspecified atom stereocenters. The molecule has 54 valence electrons. The van der Waals surface area contributed by atoms with Crippen LogP contribution in [0.15, 0.2) is 47.6 Å². The van der Waals surface area contributed by atoms with Crippen LogP contribution in [0.2, 0.25) is 0 Å². The second-order valence-corrected chi connectivity index (χ2v) is 2.60. The molecule has 0 saturated heterocycles. The summed E-state index contributed by atoms with van der Waals surface area (Å²) in [6.07, 6.45) is 12.2. The van der Waals surface area contributed by atoms with Gasteiger partial charge in [-0.2, -0.15) is 0 Å². The second kappa shape index (κ2) is 2.35. The summed E-state index contributed by atoms with van der Waals surface area (Å²) < 4.78 is 0. The minimum Gasteiger partial charge on any atom is -0.289 e. The minimum atomic E-state index is 0.124. The molecule has 0 fully saturated rings. The number of carbonyl (C=O) groups excluding carboxylic acids is 1. The highest BCUT2D eigenvalue weighted by Crippen LogP contribution is 2.22. The predicted molar refractivity (Wildman–Crippen MR) is 44.1 cm³/mol. The molecule has 2 aliphatic carbocycles. The van der Waals surface area contributed by atoms with Crippen molar-refractivity contribution in [2.24, 2.45) is 0 Å². The molecule has 11 heavy (non-hydrogen) atoms. The lowest BCUT2D eigenvalue weighted by atomic mass is 10.1. The van der Waals surface area contributed by atoms with Crippen molar-refractivity contribution in [2.75, 3.05) is 0 Å². The summed E-state index contributed by atoms with van der Waals surface area (Å²) in [5.41, 5.74) is 1.90. The monoisotopic (exact) mass is 144 g/mol. The summed E-state index contributed by atoms with van der Waals surface area (Å²) >= 11 is 0. The van der Waals surface area contributed by atoms with Gasteiger partial charge in [0.25, 0.3) is 0 Å². The molecule has 0 atom stereocenters. The van der Waals surface area contributed by atoms with E-state index in [1.807, 2.05) is 24.3 Å². The van der Waals surface area contributed by atoms with E-state index in [4.69, 9.17) is 0 Å². The highest BCUT2D eigenvalue weighted by Gasteiger charge is 2.13. The van der Waals surface area contributed by atoms with Crippen molar-refractivity contribution >= 4 is 5.78 Å². The first-order chi connectivity index (χ1) is 5.38. The molecule has 0 aliphatic heterocycles. The Morgan fingerprint density at radius 3 is 3.09 bits per heavy atom. The highest BCUT2D eigenvalue weighted by molar-refractivity contribution is 6.09. The first-order valence-corrected chi connectivity index (χ1v) is 3.68. The molecule has 1 heteroatoms. The van der Waals surface area contributed by atoms with Crippen LogP contribution in [0.4, 0.5) is 0 Å². The van der Waals surface area contributed by atoms with Crippen molar-refractivity contribution in [1.82, 2.24) is 0 Å². The van der Waals surface area contributed by atoms with Gasteiger partial charge in [0.05, 0.1) is 0 Å². The van der Waals surface area contributed by atoms with Crippen LogP contribution in [-0.4, -0.2) is 5.78 Å². The smallest absolute Gasteiger partial charge is 0.186 e. The summed E-state index contributed by atoms with van der Waals surface area (Å²) in [6, 6.07) is 0. The van der Waals surface area contributed by atoms with Gasteiger partial charge in [0.15, 0.2) is 5.78 Å². The van der Waals surface area contributed by atoms with E-state index in [0.717, 1.165) is 17.6 Å². The lowest BCUT2D eigenvalue weighted by Crippen LogP contribution is -1.96. The molecule has 0 aromatic rings. The van der Waals surface area contributed by atoms with Crippen LogP contribution in [-0.2, 0) is 4.79 Å². The largest absolute Gasteiger partial charge is 0.289 e. The van der Waals surface area contributed by atoms with Gasteiger partial charge in [-0.25, -0.2) is 0 Å². The molecule has 0 amide bonds. The third kappa shape index (κ3) is 0.984. The zero-order valence-corrected chi connectivity index (χ0v) is 6.08. The molecule has 2 aliphatic rings. The number of rotatable bonds is 0. The van der Waals surface area contributed by atoms with Crippen LogP contribution in [0.5, 0.6) is 0 Å². The summed E-state index contributed by atoms with van der Waals surface area (Å²) in [5, 5.41) is 0. The normalized spacial score (nSPS) is 20.9. The van der Waals surface area contributed by atoms with E-state index in [1.165, 1.54) is 0 Å². The molecule has 2 rings (SSSR count). The van der Waals surface area contributed by atoms with Gasteiger partial charge >= 0.3 is 0 Å². The fourth-order valence-corrected chi connectivity index (χ4v) is 1.30. The van der Waals surface area contributed by atoms with Crippen molar-refractivity contribution in [3.8, 4) is 0 Å². The van der Waals surface area contributed by atoms with Crippen LogP contribution >= 0.6 is 0 Å². The van der Waals surface area contributed by atoms with Crippen LogP contribution in [0, 0.1) is 0 Å². The van der Waals surface area contributed by atoms with Crippen LogP contribution in [0.3, 0.4) is 0 Å². The van der Waals surface area contributed by atoms with E-state index in [0.29, 0.717) is 0 Å². The molecular formula is C10H8O. The Morgan fingerprint density at radius 1 is 1.27 bits per heavy atom. The molecule has 0 aromatic heterocycles. The molecule has 1 nitrogen and oxygen atoms in total. The molecular weight excluding hydrogens is 136 g/mol. The molecule has 0 N–H and O–H groups in total. The molecule has 0 bridgehead atoms. The van der Waals surface area contributed by atoms with Gasteiger partial charge in [-0.15, -0.1) is 0 Å². The van der Waals surface area contributed by atoms with Gasteiger partial charge in [-0.3, -0.25) is 4.79 Å². The number of ketones is 1. The molecule has 0 spiro atoms. The Bertz CT molecular complexity index is 314. The predicted octanol–water partition coefficient (Wildman–Crippen LogP) is 1.94. The SMILES string of the molecule is O=C1C=CCC=C2C=CC=C12. The average molecular weight is 144 g/mol. The van der Waals surface area contributed by atoms with Crippen LogP contribution < -0.4 is 0 Å². The maximum atomic E-state index is 11.3. The molecule has 0 saturated carbocycles. The van der Waals surface area contributed by atoms with Crippen LogP contribution in [0.1, 0.15) is 6.42 Å². The highest BCUT2D eigenvalue weighted by atomic mass is 16.1. The lowest BCUT2D eigenvalue weighted by Gasteiger charge is -1.95. The van der Waals surface area contributed by atoms with Gasteiger partial charge in [-0.05, 0) is 18.1 Å². The number of hydrogen-bond acceptors (Lipinski definition) is 1. The van der Waals surface area contributed by atoms with Gasteiger partial charge < -0.3 is 0 Å². The summed E-state index contributed by atoms with van der Waals surface area (Å²) in [7, 11) is 0. The quantitative estimate of drug-likeness (QED) is 0.507. The van der Waals surface area contributed by atoms with E-state index in [9.17, 15) is 4.79 Å². The standard InChI is InChI=1S/C10H8O/c11-10-7-2-1-4-8-5-3-6-9(8)10/h2-7H,1H2. The summed E-state index contributed by atoms with van der Waals surface area (Å²) in [6.45, 7) is 0. The third-order valence-electron chi connectivity index (χ3n) is 1.86. The van der Waals surface area contributed by atoms with E-state index in [1.54, 1.807) is 6.08 Å². The number of carbonyl (C=O) groups is 1. The molecule has 0 heterocycles. The van der Waals surface area contributed by atoms with Crippen molar-refractivity contribution in [2.45, 2.75) is 6.42 Å². The Morgan fingerprint density at radius 2 is 2.18 bits per heavy atom. The zero-order valence-electron chi connectivity index (χ0n) is 6.08. The Hall–Kier alpha value is -1.37. The zero-order chi connectivity index (χ0) is 7.68. The fraction of sp³-hybridized carbons (Fsp3) is 0.100. The van der Waals surface area contributed by atoms with E-state index in [2.05, 4.69) is 6.08 Å². The van der Waals surface area contributed by atoms with Gasteiger partial charge in [-0.1, -0.05) is 30.4 Å². The van der Waals surface area contributed by atoms with Crippen molar-refractivity contribution < 1.29 is 4.79 Å². The third-order valence-corrected chi connectivity index (χ3v) is 1.86. The van der Waals surface area contributed by atoms with Gasteiger partial charge in [0.1, 0.15) is 0 Å². The molecule has 0 aromatic carbocycles. The Kier molecular flexibility index (Phi) is 1.35. The first-order valence-electron chi connectivity index (χ1n) is 3.68. The minimum absolute atomic E-state index is 0.124. The van der Waals surface area contributed by atoms with Gasteiger partial charge in [0, 0.05) is 5.57 Å². The maximum absolute atomic E-state index is 11.3. The fourth-order valence-electron chi connectivity index (χ4n) is 1.30. The van der Waals surface area contributed by atoms with Gasteiger partial charge in [0.2, 0.25) is 0 Å². The van der Waals surface area contributed by atoms with Crippen molar-refractivity contribution in [3.05, 3.63) is 47.6 Å². The van der Waals surface area contributed by atoms with Crippen molar-refractivity contribution in [3.63, 3.8) is 0 Å². The van der Waals surface area contributed by atoms with Crippen LogP contribution in [0.25, 0.3) is 0 Å². The molecule has 0 radical (unpaired) electrons. The van der Waals surface area contributed by atoms with Crippen molar-refractivity contribution in [1.29, 1.82) is 0 Å². The lowest BCUT2D eigenvalue weighted by molar-refractivity contribution is -0.111. The van der Waals surface area contributed by atoms with E-state index < -0.39 is 0 Å². The first kappa shape index (κ1) is 6.35. The van der Waals surface area contributed by atoms with E-state index in [-0.39, 0.29) is 5.78 Å². The number of fused-ring (bicyclic) bond motifs is 1. The Labute approximate surface area is 65.4 Å². The summed E-state index contributed by atoms with van der Waals surface area (Å²) in [5.74, 6) is 0.124. The summed E-state index contributed by atoms with van der Waals surface area (Å²) in [4.78, 5) is 11.3.